The Morgan fingerprint density at radius 3 is 2.38 bits per heavy atom. The van der Waals surface area contributed by atoms with Crippen LogP contribution in [0.15, 0.2) is 58.3 Å². The van der Waals surface area contributed by atoms with Crippen molar-refractivity contribution in [3.05, 3.63) is 60.1 Å². The molecule has 0 fully saturated rings. The molecule has 0 aliphatic rings. The lowest BCUT2D eigenvalue weighted by Gasteiger charge is -2.21. The van der Waals surface area contributed by atoms with Crippen LogP contribution in [0.2, 0.25) is 0 Å². The van der Waals surface area contributed by atoms with E-state index < -0.39 is 0 Å². The van der Waals surface area contributed by atoms with E-state index in [4.69, 9.17) is 15.9 Å². The predicted octanol–water partition coefficient (Wildman–Crippen LogP) is 1.95. The van der Waals surface area contributed by atoms with Crippen LogP contribution in [0.3, 0.4) is 0 Å². The van der Waals surface area contributed by atoms with Gasteiger partial charge in [-0.3, -0.25) is 4.79 Å². The summed E-state index contributed by atoms with van der Waals surface area (Å²) in [5.74, 6) is 0.852. The van der Waals surface area contributed by atoms with Crippen LogP contribution in [0.1, 0.15) is 11.3 Å². The number of amides is 1. The van der Waals surface area contributed by atoms with Gasteiger partial charge in [-0.2, -0.15) is 15.0 Å². The quantitative estimate of drug-likeness (QED) is 0.605. The van der Waals surface area contributed by atoms with E-state index in [-0.39, 0.29) is 23.6 Å². The Morgan fingerprint density at radius 1 is 1.00 bits per heavy atom. The first-order valence-electron chi connectivity index (χ1n) is 7.84. The van der Waals surface area contributed by atoms with Gasteiger partial charge in [-0.1, -0.05) is 42.1 Å². The molecule has 134 valence electrons. The third-order valence-electron chi connectivity index (χ3n) is 3.47. The summed E-state index contributed by atoms with van der Waals surface area (Å²) in [6, 6.07) is 13.4. The molecule has 0 bridgehead atoms. The van der Waals surface area contributed by atoms with Crippen LogP contribution in [0.5, 0.6) is 0 Å². The van der Waals surface area contributed by atoms with E-state index in [1.807, 2.05) is 36.4 Å². The minimum atomic E-state index is -0.0761. The van der Waals surface area contributed by atoms with E-state index in [2.05, 4.69) is 15.0 Å². The molecule has 0 spiro atoms. The van der Waals surface area contributed by atoms with Gasteiger partial charge in [-0.05, 0) is 17.7 Å². The SMILES string of the molecule is Nc1nc(N)nc(SCC(=O)N(Cc2ccccc2)Cc2ccco2)n1. The maximum atomic E-state index is 12.7. The van der Waals surface area contributed by atoms with Gasteiger partial charge in [0.15, 0.2) is 5.16 Å². The molecule has 0 saturated heterocycles. The first kappa shape index (κ1) is 17.7. The monoisotopic (exact) mass is 370 g/mol. The third-order valence-corrected chi connectivity index (χ3v) is 4.30. The number of hydrogen-bond acceptors (Lipinski definition) is 8. The molecule has 9 heteroatoms. The standard InChI is InChI=1S/C17H18N6O2S/c18-15-20-16(19)22-17(21-15)26-11-14(24)23(10-13-7-4-8-25-13)9-12-5-2-1-3-6-12/h1-8H,9-11H2,(H4,18,19,20,21,22). The van der Waals surface area contributed by atoms with E-state index in [1.54, 1.807) is 17.2 Å². The molecule has 26 heavy (non-hydrogen) atoms. The van der Waals surface area contributed by atoms with Crippen LogP contribution in [0, 0.1) is 0 Å². The minimum Gasteiger partial charge on any atom is -0.467 e. The van der Waals surface area contributed by atoms with Gasteiger partial charge < -0.3 is 20.8 Å². The third kappa shape index (κ3) is 4.96. The Bertz CT molecular complexity index is 837. The maximum absolute atomic E-state index is 12.7. The summed E-state index contributed by atoms with van der Waals surface area (Å²) in [7, 11) is 0. The molecule has 2 heterocycles. The molecule has 0 aliphatic carbocycles. The van der Waals surface area contributed by atoms with Gasteiger partial charge >= 0.3 is 0 Å². The molecule has 0 atom stereocenters. The molecule has 0 unspecified atom stereocenters. The smallest absolute Gasteiger partial charge is 0.233 e. The number of thioether (sulfide) groups is 1. The normalized spacial score (nSPS) is 10.6. The molecule has 3 rings (SSSR count). The van der Waals surface area contributed by atoms with Gasteiger partial charge in [0, 0.05) is 6.54 Å². The summed E-state index contributed by atoms with van der Waals surface area (Å²) in [5.41, 5.74) is 12.1. The average molecular weight is 370 g/mol. The molecule has 8 nitrogen and oxygen atoms in total. The number of rotatable bonds is 7. The summed E-state index contributed by atoms with van der Waals surface area (Å²) in [4.78, 5) is 26.1. The summed E-state index contributed by atoms with van der Waals surface area (Å²) in [5, 5.41) is 0.320. The van der Waals surface area contributed by atoms with E-state index >= 15 is 0 Å². The Morgan fingerprint density at radius 2 is 1.73 bits per heavy atom. The lowest BCUT2D eigenvalue weighted by molar-refractivity contribution is -0.129. The largest absolute Gasteiger partial charge is 0.467 e. The zero-order chi connectivity index (χ0) is 18.4. The van der Waals surface area contributed by atoms with Crippen molar-refractivity contribution in [2.75, 3.05) is 17.2 Å². The molecular formula is C17H18N6O2S. The first-order valence-corrected chi connectivity index (χ1v) is 8.82. The second-order valence-corrected chi connectivity index (χ2v) is 6.38. The molecule has 1 aromatic carbocycles. The number of aromatic nitrogens is 3. The number of nitrogen functional groups attached to an aromatic ring is 2. The lowest BCUT2D eigenvalue weighted by Crippen LogP contribution is -2.31. The van der Waals surface area contributed by atoms with Crippen LogP contribution in [-0.2, 0) is 17.9 Å². The number of carbonyl (C=O) groups excluding carboxylic acids is 1. The molecule has 2 aromatic heterocycles. The first-order chi connectivity index (χ1) is 12.6. The summed E-state index contributed by atoms with van der Waals surface area (Å²) >= 11 is 1.16. The molecule has 0 radical (unpaired) electrons. The van der Waals surface area contributed by atoms with E-state index in [0.29, 0.717) is 24.0 Å². The fourth-order valence-electron chi connectivity index (χ4n) is 2.30. The average Bonchev–Trinajstić information content (AvgIpc) is 3.12. The Labute approximate surface area is 154 Å². The second kappa shape index (κ2) is 8.34. The number of benzene rings is 1. The van der Waals surface area contributed by atoms with Crippen molar-refractivity contribution in [2.24, 2.45) is 0 Å². The molecule has 4 N–H and O–H groups in total. The van der Waals surface area contributed by atoms with Crippen molar-refractivity contribution in [2.45, 2.75) is 18.2 Å². The van der Waals surface area contributed by atoms with Crippen molar-refractivity contribution in [1.29, 1.82) is 0 Å². The van der Waals surface area contributed by atoms with Crippen LogP contribution >= 0.6 is 11.8 Å². The maximum Gasteiger partial charge on any atom is 0.233 e. The van der Waals surface area contributed by atoms with Gasteiger partial charge in [0.2, 0.25) is 17.8 Å². The van der Waals surface area contributed by atoms with Crippen molar-refractivity contribution < 1.29 is 9.21 Å². The number of hydrogen-bond donors (Lipinski definition) is 2. The lowest BCUT2D eigenvalue weighted by atomic mass is 10.2. The van der Waals surface area contributed by atoms with Gasteiger partial charge in [0.05, 0.1) is 18.6 Å². The number of nitrogens with two attached hydrogens (primary N) is 2. The summed E-state index contributed by atoms with van der Waals surface area (Å²) in [6.45, 7) is 0.852. The van der Waals surface area contributed by atoms with Crippen LogP contribution < -0.4 is 11.5 Å². The minimum absolute atomic E-state index is 0.0316. The Balaban J connectivity index is 1.69. The Hall–Kier alpha value is -3.07. The molecule has 1 amide bonds. The fourth-order valence-corrected chi connectivity index (χ4v) is 3.05. The number of furan rings is 1. The summed E-state index contributed by atoms with van der Waals surface area (Å²) < 4.78 is 5.38. The zero-order valence-corrected chi connectivity index (χ0v) is 14.7. The number of nitrogens with zero attached hydrogens (tertiary/aromatic N) is 4. The van der Waals surface area contributed by atoms with Crippen molar-refractivity contribution in [3.63, 3.8) is 0 Å². The number of carbonyl (C=O) groups is 1. The molecular weight excluding hydrogens is 352 g/mol. The van der Waals surface area contributed by atoms with Crippen molar-refractivity contribution >= 4 is 29.6 Å². The highest BCUT2D eigenvalue weighted by Crippen LogP contribution is 2.17. The van der Waals surface area contributed by atoms with Gasteiger partial charge in [-0.25, -0.2) is 0 Å². The highest BCUT2D eigenvalue weighted by molar-refractivity contribution is 7.99. The number of anilines is 2. The highest BCUT2D eigenvalue weighted by atomic mass is 32.2. The van der Waals surface area contributed by atoms with Gasteiger partial charge in [-0.15, -0.1) is 0 Å². The van der Waals surface area contributed by atoms with E-state index in [0.717, 1.165) is 17.3 Å². The Kier molecular flexibility index (Phi) is 5.69. The molecule has 3 aromatic rings. The predicted molar refractivity (Wildman–Crippen MR) is 98.8 cm³/mol. The van der Waals surface area contributed by atoms with E-state index in [9.17, 15) is 4.79 Å². The molecule has 0 saturated carbocycles. The molecule has 0 aliphatic heterocycles. The highest BCUT2D eigenvalue weighted by Gasteiger charge is 2.17. The second-order valence-electron chi connectivity index (χ2n) is 5.44. The van der Waals surface area contributed by atoms with Crippen LogP contribution in [-0.4, -0.2) is 31.5 Å². The fraction of sp³-hybridized carbons (Fsp3) is 0.176. The van der Waals surface area contributed by atoms with Crippen LogP contribution in [0.25, 0.3) is 0 Å². The van der Waals surface area contributed by atoms with Gasteiger partial charge in [0.1, 0.15) is 5.76 Å². The summed E-state index contributed by atoms with van der Waals surface area (Å²) in [6.07, 6.45) is 1.59. The van der Waals surface area contributed by atoms with Gasteiger partial charge in [0.25, 0.3) is 0 Å². The van der Waals surface area contributed by atoms with Crippen LogP contribution in [0.4, 0.5) is 11.9 Å². The van der Waals surface area contributed by atoms with E-state index in [1.165, 1.54) is 0 Å². The topological polar surface area (TPSA) is 124 Å². The zero-order valence-electron chi connectivity index (χ0n) is 13.9. The van der Waals surface area contributed by atoms with Crippen molar-refractivity contribution in [1.82, 2.24) is 19.9 Å². The van der Waals surface area contributed by atoms with Crippen molar-refractivity contribution in [3.8, 4) is 0 Å².